The topological polar surface area (TPSA) is 35.5 Å². The summed E-state index contributed by atoms with van der Waals surface area (Å²) in [6.45, 7) is 3.52. The molecular weight excluding hydrogens is 220 g/mol. The molecule has 0 saturated carbocycles. The Morgan fingerprint density at radius 1 is 1.50 bits per heavy atom. The molecule has 0 amide bonds. The first-order valence-corrected chi connectivity index (χ1v) is 6.54. The number of hydrogen-bond donors (Lipinski definition) is 2. The van der Waals surface area contributed by atoms with Crippen molar-refractivity contribution in [1.29, 1.82) is 0 Å². The largest absolute Gasteiger partial charge is 0.390 e. The molecule has 4 heteroatoms. The smallest absolute Gasteiger partial charge is 0.0791 e. The molecule has 0 bridgehead atoms. The quantitative estimate of drug-likeness (QED) is 0.754. The molecule has 1 heterocycles. The number of aliphatic hydroxyl groups is 1. The van der Waals surface area contributed by atoms with Gasteiger partial charge >= 0.3 is 0 Å². The highest BCUT2D eigenvalue weighted by atomic mass is 32.1. The molecular formula is C12H22N2OS. The Morgan fingerprint density at radius 3 is 2.81 bits per heavy atom. The van der Waals surface area contributed by atoms with Gasteiger partial charge in [-0.2, -0.15) is 0 Å². The fraction of sp³-hybridized carbons (Fsp3) is 0.667. The van der Waals surface area contributed by atoms with Crippen LogP contribution >= 0.6 is 11.3 Å². The van der Waals surface area contributed by atoms with E-state index in [0.29, 0.717) is 19.1 Å². The van der Waals surface area contributed by atoms with Crippen molar-refractivity contribution in [3.8, 4) is 0 Å². The number of thiophene rings is 1. The summed E-state index contributed by atoms with van der Waals surface area (Å²) in [4.78, 5) is 3.39. The van der Waals surface area contributed by atoms with E-state index in [1.165, 1.54) is 4.88 Å². The van der Waals surface area contributed by atoms with E-state index < -0.39 is 0 Å². The van der Waals surface area contributed by atoms with E-state index in [2.05, 4.69) is 29.8 Å². The summed E-state index contributed by atoms with van der Waals surface area (Å²) in [5.74, 6) is 0. The first-order chi connectivity index (χ1) is 7.58. The van der Waals surface area contributed by atoms with Crippen molar-refractivity contribution in [3.05, 3.63) is 22.4 Å². The van der Waals surface area contributed by atoms with Crippen molar-refractivity contribution in [2.75, 3.05) is 27.2 Å². The third-order valence-corrected chi connectivity index (χ3v) is 3.26. The van der Waals surface area contributed by atoms with Gasteiger partial charge in [0, 0.05) is 24.0 Å². The fourth-order valence-electron chi connectivity index (χ4n) is 1.63. The van der Waals surface area contributed by atoms with Crippen LogP contribution in [0.15, 0.2) is 17.5 Å². The van der Waals surface area contributed by atoms with Crippen LogP contribution in [-0.4, -0.2) is 49.3 Å². The van der Waals surface area contributed by atoms with Crippen LogP contribution in [0.2, 0.25) is 0 Å². The number of aliphatic hydroxyl groups excluding tert-OH is 1. The maximum atomic E-state index is 9.69. The van der Waals surface area contributed by atoms with Crippen LogP contribution in [0.1, 0.15) is 11.8 Å². The van der Waals surface area contributed by atoms with E-state index in [4.69, 9.17) is 0 Å². The molecule has 2 unspecified atom stereocenters. The monoisotopic (exact) mass is 242 g/mol. The molecule has 1 aromatic rings. The highest BCUT2D eigenvalue weighted by Gasteiger charge is 2.08. The molecule has 0 aliphatic rings. The summed E-state index contributed by atoms with van der Waals surface area (Å²) in [6.07, 6.45) is 0.743. The van der Waals surface area contributed by atoms with E-state index in [0.717, 1.165) is 6.42 Å². The van der Waals surface area contributed by atoms with Crippen molar-refractivity contribution >= 4 is 11.3 Å². The Labute approximate surface area is 102 Å². The van der Waals surface area contributed by atoms with Gasteiger partial charge in [0.15, 0.2) is 0 Å². The van der Waals surface area contributed by atoms with Crippen LogP contribution in [0.3, 0.4) is 0 Å². The lowest BCUT2D eigenvalue weighted by atomic mass is 10.2. The normalized spacial score (nSPS) is 15.3. The average Bonchev–Trinajstić information content (AvgIpc) is 2.66. The zero-order valence-corrected chi connectivity index (χ0v) is 11.1. The maximum absolute atomic E-state index is 9.69. The van der Waals surface area contributed by atoms with Gasteiger partial charge in [0.25, 0.3) is 0 Å². The van der Waals surface area contributed by atoms with Gasteiger partial charge in [-0.15, -0.1) is 11.3 Å². The van der Waals surface area contributed by atoms with Crippen LogP contribution in [0.4, 0.5) is 0 Å². The molecule has 1 rings (SSSR count). The first-order valence-electron chi connectivity index (χ1n) is 5.66. The minimum absolute atomic E-state index is 0.291. The van der Waals surface area contributed by atoms with E-state index >= 15 is 0 Å². The van der Waals surface area contributed by atoms with E-state index in [1.54, 1.807) is 11.3 Å². The summed E-state index contributed by atoms with van der Waals surface area (Å²) in [6, 6.07) is 4.64. The van der Waals surface area contributed by atoms with Crippen LogP contribution in [-0.2, 0) is 6.42 Å². The molecule has 0 saturated heterocycles. The standard InChI is InChI=1S/C12H22N2OS/c1-10(7-12-5-4-6-16-12)13-8-11(15)9-14(2)3/h4-6,10-11,13,15H,7-9H2,1-3H3. The Hall–Kier alpha value is -0.420. The molecule has 92 valence electrons. The van der Waals surface area contributed by atoms with Crippen LogP contribution in [0, 0.1) is 0 Å². The molecule has 2 N–H and O–H groups in total. The molecule has 0 spiro atoms. The Morgan fingerprint density at radius 2 is 2.25 bits per heavy atom. The van der Waals surface area contributed by atoms with Crippen LogP contribution in [0.5, 0.6) is 0 Å². The summed E-state index contributed by atoms with van der Waals surface area (Å²) in [5.41, 5.74) is 0. The van der Waals surface area contributed by atoms with Gasteiger partial charge in [-0.05, 0) is 38.9 Å². The maximum Gasteiger partial charge on any atom is 0.0791 e. The molecule has 0 fully saturated rings. The molecule has 3 nitrogen and oxygen atoms in total. The second kappa shape index (κ2) is 7.01. The van der Waals surface area contributed by atoms with Gasteiger partial charge < -0.3 is 15.3 Å². The van der Waals surface area contributed by atoms with E-state index in [-0.39, 0.29) is 6.10 Å². The summed E-state index contributed by atoms with van der Waals surface area (Å²) >= 11 is 1.79. The van der Waals surface area contributed by atoms with Crippen molar-refractivity contribution < 1.29 is 5.11 Å². The number of nitrogens with zero attached hydrogens (tertiary/aromatic N) is 1. The van der Waals surface area contributed by atoms with Crippen molar-refractivity contribution in [3.63, 3.8) is 0 Å². The van der Waals surface area contributed by atoms with Gasteiger partial charge in [0.1, 0.15) is 0 Å². The second-order valence-corrected chi connectivity index (χ2v) is 5.54. The molecule has 0 aliphatic heterocycles. The van der Waals surface area contributed by atoms with E-state index in [9.17, 15) is 5.11 Å². The summed E-state index contributed by atoms with van der Waals surface area (Å²) in [7, 11) is 3.94. The van der Waals surface area contributed by atoms with Crippen molar-refractivity contribution in [2.45, 2.75) is 25.5 Å². The summed E-state index contributed by atoms with van der Waals surface area (Å²) in [5, 5.41) is 15.1. The molecule has 0 aliphatic carbocycles. The highest BCUT2D eigenvalue weighted by Crippen LogP contribution is 2.10. The lowest BCUT2D eigenvalue weighted by Gasteiger charge is -2.19. The summed E-state index contributed by atoms with van der Waals surface area (Å²) < 4.78 is 0. The zero-order chi connectivity index (χ0) is 12.0. The van der Waals surface area contributed by atoms with Crippen LogP contribution < -0.4 is 5.32 Å². The molecule has 2 atom stereocenters. The van der Waals surface area contributed by atoms with Gasteiger partial charge in [0.2, 0.25) is 0 Å². The van der Waals surface area contributed by atoms with Gasteiger partial charge in [0.05, 0.1) is 6.10 Å². The minimum Gasteiger partial charge on any atom is -0.390 e. The lowest BCUT2D eigenvalue weighted by molar-refractivity contribution is 0.132. The number of hydrogen-bond acceptors (Lipinski definition) is 4. The fourth-order valence-corrected chi connectivity index (χ4v) is 2.46. The Kier molecular flexibility index (Phi) is 5.98. The predicted octanol–water partition coefficient (Wildman–Crippen LogP) is 1.19. The molecule has 1 aromatic heterocycles. The Bertz CT molecular complexity index is 275. The molecule has 16 heavy (non-hydrogen) atoms. The van der Waals surface area contributed by atoms with Crippen molar-refractivity contribution in [2.24, 2.45) is 0 Å². The number of rotatable bonds is 7. The number of likely N-dealkylation sites (N-methyl/N-ethyl adjacent to an activating group) is 1. The third kappa shape index (κ3) is 5.61. The van der Waals surface area contributed by atoms with E-state index in [1.807, 2.05) is 19.0 Å². The molecule has 0 aromatic carbocycles. The second-order valence-electron chi connectivity index (χ2n) is 4.51. The lowest BCUT2D eigenvalue weighted by Crippen LogP contribution is -2.39. The highest BCUT2D eigenvalue weighted by molar-refractivity contribution is 7.09. The average molecular weight is 242 g/mol. The van der Waals surface area contributed by atoms with Gasteiger partial charge in [-0.3, -0.25) is 0 Å². The van der Waals surface area contributed by atoms with Gasteiger partial charge in [-0.25, -0.2) is 0 Å². The van der Waals surface area contributed by atoms with Crippen molar-refractivity contribution in [1.82, 2.24) is 10.2 Å². The number of nitrogens with one attached hydrogen (secondary N) is 1. The zero-order valence-electron chi connectivity index (χ0n) is 10.3. The predicted molar refractivity (Wildman–Crippen MR) is 70.0 cm³/mol. The first kappa shape index (κ1) is 13.6. The minimum atomic E-state index is -0.291. The SMILES string of the molecule is CC(Cc1cccs1)NCC(O)CN(C)C. The van der Waals surface area contributed by atoms with Gasteiger partial charge in [-0.1, -0.05) is 6.07 Å². The third-order valence-electron chi connectivity index (χ3n) is 2.37. The molecule has 0 radical (unpaired) electrons. The Balaban J connectivity index is 2.17. The van der Waals surface area contributed by atoms with Crippen LogP contribution in [0.25, 0.3) is 0 Å².